The number of carboxylic acids is 1. The molecule has 0 aromatic heterocycles. The summed E-state index contributed by atoms with van der Waals surface area (Å²) >= 11 is 0. The number of aliphatic carboxylic acids is 1. The van der Waals surface area contributed by atoms with Gasteiger partial charge in [0, 0.05) is 0 Å². The van der Waals surface area contributed by atoms with Gasteiger partial charge in [0.1, 0.15) is 0 Å². The molecule has 0 radical (unpaired) electrons. The average Bonchev–Trinajstić information content (AvgIpc) is 2.03. The highest BCUT2D eigenvalue weighted by atomic mass is 16.4. The molecule has 0 aromatic carbocycles. The zero-order valence-electron chi connectivity index (χ0n) is 8.79. The van der Waals surface area contributed by atoms with Crippen molar-refractivity contribution in [1.29, 1.82) is 0 Å². The van der Waals surface area contributed by atoms with Crippen LogP contribution in [0, 0.1) is 23.7 Å². The van der Waals surface area contributed by atoms with Crippen LogP contribution in [0.4, 0.5) is 0 Å². The zero-order valence-corrected chi connectivity index (χ0v) is 8.79. The largest absolute Gasteiger partial charge is 0.481 e. The smallest absolute Gasteiger partial charge is 0.306 e. The molecule has 1 saturated carbocycles. The lowest BCUT2D eigenvalue weighted by Crippen LogP contribution is -2.33. The van der Waals surface area contributed by atoms with Crippen LogP contribution in [-0.2, 0) is 4.79 Å². The van der Waals surface area contributed by atoms with E-state index in [9.17, 15) is 4.79 Å². The first-order chi connectivity index (χ1) is 6.02. The number of carbonyl (C=O) groups is 1. The summed E-state index contributed by atoms with van der Waals surface area (Å²) in [6.45, 7) is 6.43. The Bertz CT molecular complexity index is 187. The molecule has 13 heavy (non-hydrogen) atoms. The van der Waals surface area contributed by atoms with Crippen LogP contribution in [0.3, 0.4) is 0 Å². The Morgan fingerprint density at radius 1 is 1.38 bits per heavy atom. The predicted octanol–water partition coefficient (Wildman–Crippen LogP) is 2.78. The summed E-state index contributed by atoms with van der Waals surface area (Å²) in [5.74, 6) is 0.812. The molecule has 0 amide bonds. The van der Waals surface area contributed by atoms with E-state index in [4.69, 9.17) is 5.11 Å². The van der Waals surface area contributed by atoms with E-state index in [1.165, 1.54) is 6.42 Å². The Morgan fingerprint density at radius 2 is 2.00 bits per heavy atom. The monoisotopic (exact) mass is 184 g/mol. The van der Waals surface area contributed by atoms with Crippen LogP contribution >= 0.6 is 0 Å². The third kappa shape index (κ3) is 2.45. The fourth-order valence-electron chi connectivity index (χ4n) is 2.49. The van der Waals surface area contributed by atoms with E-state index in [1.54, 1.807) is 0 Å². The van der Waals surface area contributed by atoms with Crippen LogP contribution in [-0.4, -0.2) is 11.1 Å². The fraction of sp³-hybridized carbons (Fsp3) is 0.909. The Kier molecular flexibility index (Phi) is 3.34. The first-order valence-electron chi connectivity index (χ1n) is 5.25. The fourth-order valence-corrected chi connectivity index (χ4v) is 2.49. The van der Waals surface area contributed by atoms with Crippen molar-refractivity contribution in [3.63, 3.8) is 0 Å². The lowest BCUT2D eigenvalue weighted by molar-refractivity contribution is -0.146. The van der Waals surface area contributed by atoms with Crippen molar-refractivity contribution in [2.24, 2.45) is 23.7 Å². The van der Waals surface area contributed by atoms with Gasteiger partial charge in [-0.25, -0.2) is 0 Å². The van der Waals surface area contributed by atoms with Crippen molar-refractivity contribution < 1.29 is 9.90 Å². The SMILES string of the molecule is CC(C)[C@@H]1CC[C@H](C)C[C@H]1C(=O)O. The van der Waals surface area contributed by atoms with Gasteiger partial charge in [-0.15, -0.1) is 0 Å². The van der Waals surface area contributed by atoms with Gasteiger partial charge in [-0.1, -0.05) is 27.2 Å². The Hall–Kier alpha value is -0.530. The summed E-state index contributed by atoms with van der Waals surface area (Å²) in [4.78, 5) is 11.0. The molecule has 0 saturated heterocycles. The molecule has 1 aliphatic rings. The lowest BCUT2D eigenvalue weighted by atomic mass is 9.70. The molecule has 0 aromatic rings. The second-order valence-electron chi connectivity index (χ2n) is 4.77. The summed E-state index contributed by atoms with van der Waals surface area (Å²) in [5.41, 5.74) is 0. The summed E-state index contributed by atoms with van der Waals surface area (Å²) < 4.78 is 0. The third-order valence-corrected chi connectivity index (χ3v) is 3.34. The van der Waals surface area contributed by atoms with Crippen LogP contribution in [0.15, 0.2) is 0 Å². The molecule has 76 valence electrons. The highest BCUT2D eigenvalue weighted by molar-refractivity contribution is 5.70. The highest BCUT2D eigenvalue weighted by Crippen LogP contribution is 2.37. The maximum atomic E-state index is 11.0. The Balaban J connectivity index is 2.66. The molecule has 0 bridgehead atoms. The van der Waals surface area contributed by atoms with Gasteiger partial charge in [0.05, 0.1) is 5.92 Å². The van der Waals surface area contributed by atoms with Crippen molar-refractivity contribution in [2.45, 2.75) is 40.0 Å². The Morgan fingerprint density at radius 3 is 2.46 bits per heavy atom. The van der Waals surface area contributed by atoms with E-state index < -0.39 is 5.97 Å². The van der Waals surface area contributed by atoms with Gasteiger partial charge in [0.15, 0.2) is 0 Å². The zero-order chi connectivity index (χ0) is 10.0. The number of hydrogen-bond acceptors (Lipinski definition) is 1. The van der Waals surface area contributed by atoms with Crippen molar-refractivity contribution >= 4 is 5.97 Å². The minimum atomic E-state index is -0.592. The highest BCUT2D eigenvalue weighted by Gasteiger charge is 2.35. The van der Waals surface area contributed by atoms with E-state index in [0.717, 1.165) is 12.8 Å². The maximum Gasteiger partial charge on any atom is 0.306 e. The molecule has 3 atom stereocenters. The van der Waals surface area contributed by atoms with Crippen LogP contribution in [0.1, 0.15) is 40.0 Å². The van der Waals surface area contributed by atoms with Gasteiger partial charge in [0.2, 0.25) is 0 Å². The lowest BCUT2D eigenvalue weighted by Gasteiger charge is -2.34. The van der Waals surface area contributed by atoms with E-state index in [0.29, 0.717) is 17.8 Å². The summed E-state index contributed by atoms with van der Waals surface area (Å²) in [6, 6.07) is 0. The van der Waals surface area contributed by atoms with Crippen molar-refractivity contribution in [1.82, 2.24) is 0 Å². The van der Waals surface area contributed by atoms with Crippen LogP contribution in [0.2, 0.25) is 0 Å². The minimum Gasteiger partial charge on any atom is -0.481 e. The molecule has 0 aliphatic heterocycles. The van der Waals surface area contributed by atoms with Crippen molar-refractivity contribution in [3.8, 4) is 0 Å². The summed E-state index contributed by atoms with van der Waals surface area (Å²) in [6.07, 6.45) is 3.17. The Labute approximate surface area is 80.3 Å². The van der Waals surface area contributed by atoms with E-state index >= 15 is 0 Å². The predicted molar refractivity (Wildman–Crippen MR) is 52.5 cm³/mol. The maximum absolute atomic E-state index is 11.0. The van der Waals surface area contributed by atoms with Crippen LogP contribution < -0.4 is 0 Å². The topological polar surface area (TPSA) is 37.3 Å². The van der Waals surface area contributed by atoms with Gasteiger partial charge in [0.25, 0.3) is 0 Å². The van der Waals surface area contributed by atoms with Gasteiger partial charge >= 0.3 is 5.97 Å². The second kappa shape index (κ2) is 4.12. The molecule has 2 nitrogen and oxygen atoms in total. The van der Waals surface area contributed by atoms with Gasteiger partial charge in [-0.3, -0.25) is 4.79 Å². The minimum absolute atomic E-state index is 0.0938. The number of hydrogen-bond donors (Lipinski definition) is 1. The molecule has 0 heterocycles. The van der Waals surface area contributed by atoms with Crippen molar-refractivity contribution in [3.05, 3.63) is 0 Å². The van der Waals surface area contributed by atoms with E-state index in [1.807, 2.05) is 0 Å². The molecular weight excluding hydrogens is 164 g/mol. The molecule has 1 rings (SSSR count). The third-order valence-electron chi connectivity index (χ3n) is 3.34. The molecule has 1 aliphatic carbocycles. The van der Waals surface area contributed by atoms with Crippen LogP contribution in [0.25, 0.3) is 0 Å². The van der Waals surface area contributed by atoms with Gasteiger partial charge in [-0.05, 0) is 30.6 Å². The quantitative estimate of drug-likeness (QED) is 0.716. The first-order valence-corrected chi connectivity index (χ1v) is 5.25. The molecule has 0 spiro atoms. The first kappa shape index (κ1) is 10.6. The standard InChI is InChI=1S/C11H20O2/c1-7(2)9-5-4-8(3)6-10(9)11(12)13/h7-10H,4-6H2,1-3H3,(H,12,13)/t8-,9-,10+/m0/s1. The normalized spacial score (nSPS) is 34.9. The summed E-state index contributed by atoms with van der Waals surface area (Å²) in [5, 5.41) is 9.08. The molecular formula is C11H20O2. The summed E-state index contributed by atoms with van der Waals surface area (Å²) in [7, 11) is 0. The molecule has 1 fully saturated rings. The van der Waals surface area contributed by atoms with Crippen molar-refractivity contribution in [2.75, 3.05) is 0 Å². The second-order valence-corrected chi connectivity index (χ2v) is 4.77. The van der Waals surface area contributed by atoms with Crippen LogP contribution in [0.5, 0.6) is 0 Å². The average molecular weight is 184 g/mol. The number of carboxylic acid groups (broad SMARTS) is 1. The molecule has 0 unspecified atom stereocenters. The van der Waals surface area contributed by atoms with E-state index in [-0.39, 0.29) is 5.92 Å². The molecule has 2 heteroatoms. The molecule has 1 N–H and O–H groups in total. The number of rotatable bonds is 2. The van der Waals surface area contributed by atoms with Gasteiger partial charge < -0.3 is 5.11 Å². The van der Waals surface area contributed by atoms with Gasteiger partial charge in [-0.2, -0.15) is 0 Å². The van der Waals surface area contributed by atoms with E-state index in [2.05, 4.69) is 20.8 Å².